The van der Waals surface area contributed by atoms with Crippen LogP contribution in [0.15, 0.2) is 75.9 Å². The summed E-state index contributed by atoms with van der Waals surface area (Å²) in [6.45, 7) is 4.71. The van der Waals surface area contributed by atoms with Gasteiger partial charge in [-0.05, 0) is 42.4 Å². The van der Waals surface area contributed by atoms with Crippen molar-refractivity contribution in [1.29, 1.82) is 0 Å². The van der Waals surface area contributed by atoms with E-state index in [4.69, 9.17) is 15.2 Å². The highest BCUT2D eigenvalue weighted by atomic mass is 15.3. The van der Waals surface area contributed by atoms with Crippen molar-refractivity contribution in [2.24, 2.45) is 32.5 Å². The van der Waals surface area contributed by atoms with Crippen molar-refractivity contribution in [2.75, 3.05) is 0 Å². The maximum Gasteiger partial charge on any atom is 0.127 e. The summed E-state index contributed by atoms with van der Waals surface area (Å²) >= 11 is 0. The van der Waals surface area contributed by atoms with E-state index in [1.54, 1.807) is 0 Å². The summed E-state index contributed by atoms with van der Waals surface area (Å²) in [5, 5.41) is 9.99. The van der Waals surface area contributed by atoms with Crippen LogP contribution in [-0.2, 0) is 5.54 Å². The summed E-state index contributed by atoms with van der Waals surface area (Å²) in [7, 11) is 0. The van der Waals surface area contributed by atoms with Gasteiger partial charge < -0.3 is 0 Å². The molecule has 2 fully saturated rings. The zero-order chi connectivity index (χ0) is 17.8. The predicted octanol–water partition coefficient (Wildman–Crippen LogP) is 5.95. The van der Waals surface area contributed by atoms with Gasteiger partial charge in [0.1, 0.15) is 11.1 Å². The molecule has 0 saturated heterocycles. The molecule has 0 aromatic heterocycles. The zero-order valence-electron chi connectivity index (χ0n) is 15.5. The second-order valence-corrected chi connectivity index (χ2v) is 8.52. The topological polar surface area (TPSA) is 37.1 Å². The Morgan fingerprint density at radius 1 is 0.885 bits per heavy atom. The smallest absolute Gasteiger partial charge is 0.127 e. The molecular formula is C23H25N3. The minimum absolute atomic E-state index is 0.0879. The van der Waals surface area contributed by atoms with E-state index in [0.29, 0.717) is 11.8 Å². The van der Waals surface area contributed by atoms with Crippen LogP contribution in [-0.4, -0.2) is 11.8 Å². The van der Waals surface area contributed by atoms with Gasteiger partial charge in [0.05, 0.1) is 5.69 Å². The summed E-state index contributed by atoms with van der Waals surface area (Å²) in [6.07, 6.45) is 5.87. The van der Waals surface area contributed by atoms with Gasteiger partial charge in [-0.2, -0.15) is 10.2 Å². The van der Waals surface area contributed by atoms with Crippen LogP contribution in [0.25, 0.3) is 0 Å². The van der Waals surface area contributed by atoms with E-state index >= 15 is 0 Å². The third-order valence-corrected chi connectivity index (χ3v) is 7.33. The Labute approximate surface area is 155 Å². The first kappa shape index (κ1) is 15.9. The maximum absolute atomic E-state index is 5.02. The second-order valence-electron chi connectivity index (χ2n) is 8.52. The molecule has 0 spiro atoms. The summed E-state index contributed by atoms with van der Waals surface area (Å²) in [6, 6.07) is 21.0. The number of hydrogen-bond acceptors (Lipinski definition) is 3. The molecule has 2 saturated carbocycles. The van der Waals surface area contributed by atoms with Crippen molar-refractivity contribution in [2.45, 2.75) is 44.2 Å². The van der Waals surface area contributed by atoms with Crippen molar-refractivity contribution < 1.29 is 0 Å². The van der Waals surface area contributed by atoms with Gasteiger partial charge in [-0.3, -0.25) is 4.99 Å². The molecule has 3 aliphatic rings. The molecule has 4 atom stereocenters. The first-order chi connectivity index (χ1) is 12.6. The van der Waals surface area contributed by atoms with Crippen molar-refractivity contribution in [3.8, 4) is 0 Å². The highest BCUT2D eigenvalue weighted by Gasteiger charge is 2.77. The van der Waals surface area contributed by atoms with E-state index in [2.05, 4.69) is 62.5 Å². The fourth-order valence-electron chi connectivity index (χ4n) is 6.07. The van der Waals surface area contributed by atoms with Crippen LogP contribution in [0.5, 0.6) is 0 Å². The summed E-state index contributed by atoms with van der Waals surface area (Å²) < 4.78 is 0. The normalized spacial score (nSPS) is 36.7. The summed E-state index contributed by atoms with van der Waals surface area (Å²) in [5.41, 5.74) is 1.69. The standard InChI is InChI=1S/C23H25N3/c1-21(2)22(16-24-18-12-7-4-8-13-18)19-14-9-15-20(19)23(21,26-25-22)17-10-5-3-6-11-17/h3-8,10-13,16,19-20H,9,14-15H2,1-2H3/t19-,20+,22-,23+/m1/s1. The number of azo groups is 1. The number of hydrogen-bond donors (Lipinski definition) is 0. The lowest BCUT2D eigenvalue weighted by Gasteiger charge is -2.40. The van der Waals surface area contributed by atoms with Crippen molar-refractivity contribution in [3.63, 3.8) is 0 Å². The highest BCUT2D eigenvalue weighted by molar-refractivity contribution is 5.78. The lowest BCUT2D eigenvalue weighted by Crippen LogP contribution is -2.47. The molecular weight excluding hydrogens is 318 g/mol. The van der Waals surface area contributed by atoms with Gasteiger partial charge in [-0.1, -0.05) is 68.8 Å². The SMILES string of the molecule is CC1(C)[C@]2(C=Nc3ccccc3)N=N[C@@]1(c1ccccc1)[C@H]1CCC[C@H]12. The van der Waals surface area contributed by atoms with Crippen LogP contribution in [0, 0.1) is 17.3 Å². The third kappa shape index (κ3) is 1.76. The number of para-hydroxylation sites is 1. The van der Waals surface area contributed by atoms with Gasteiger partial charge in [0.25, 0.3) is 0 Å². The van der Waals surface area contributed by atoms with Crippen LogP contribution < -0.4 is 0 Å². The fraction of sp³-hybridized carbons (Fsp3) is 0.435. The predicted molar refractivity (Wildman–Crippen MR) is 105 cm³/mol. The van der Waals surface area contributed by atoms with Crippen molar-refractivity contribution >= 4 is 11.9 Å². The highest BCUT2D eigenvalue weighted by Crippen LogP contribution is 2.73. The summed E-state index contributed by atoms with van der Waals surface area (Å²) in [5.74, 6) is 1.09. The Balaban J connectivity index is 1.66. The molecule has 0 amide bonds. The molecule has 2 aromatic rings. The first-order valence-corrected chi connectivity index (χ1v) is 9.72. The van der Waals surface area contributed by atoms with Crippen LogP contribution in [0.4, 0.5) is 5.69 Å². The monoisotopic (exact) mass is 343 g/mol. The molecule has 26 heavy (non-hydrogen) atoms. The molecule has 0 radical (unpaired) electrons. The maximum atomic E-state index is 5.02. The van der Waals surface area contributed by atoms with Crippen LogP contribution in [0.2, 0.25) is 0 Å². The third-order valence-electron chi connectivity index (χ3n) is 7.33. The van der Waals surface area contributed by atoms with Crippen molar-refractivity contribution in [3.05, 3.63) is 66.2 Å². The number of nitrogens with zero attached hydrogens (tertiary/aromatic N) is 3. The molecule has 1 aliphatic heterocycles. The molecule has 132 valence electrons. The number of rotatable bonds is 3. The molecule has 0 unspecified atom stereocenters. The van der Waals surface area contributed by atoms with Gasteiger partial charge in [0.2, 0.25) is 0 Å². The molecule has 2 aliphatic carbocycles. The minimum Gasteiger partial charge on any atom is -0.259 e. The molecule has 0 N–H and O–H groups in total. The number of aliphatic imine (C=N–C) groups is 1. The van der Waals surface area contributed by atoms with E-state index < -0.39 is 0 Å². The Kier molecular flexibility index (Phi) is 3.28. The largest absolute Gasteiger partial charge is 0.259 e. The zero-order valence-corrected chi connectivity index (χ0v) is 15.5. The molecule has 3 heteroatoms. The summed E-state index contributed by atoms with van der Waals surface area (Å²) in [4.78, 5) is 4.86. The van der Waals surface area contributed by atoms with E-state index in [9.17, 15) is 0 Å². The molecule has 2 bridgehead atoms. The van der Waals surface area contributed by atoms with Gasteiger partial charge in [-0.15, -0.1) is 0 Å². The molecule has 3 nitrogen and oxygen atoms in total. The average molecular weight is 343 g/mol. The first-order valence-electron chi connectivity index (χ1n) is 9.72. The Morgan fingerprint density at radius 3 is 2.27 bits per heavy atom. The number of fused-ring (bicyclic) bond motifs is 5. The van der Waals surface area contributed by atoms with Gasteiger partial charge in [0.15, 0.2) is 0 Å². The van der Waals surface area contributed by atoms with Crippen LogP contribution in [0.1, 0.15) is 38.7 Å². The van der Waals surface area contributed by atoms with E-state index in [-0.39, 0.29) is 16.5 Å². The van der Waals surface area contributed by atoms with Crippen LogP contribution >= 0.6 is 0 Å². The second kappa shape index (κ2) is 5.35. The lowest BCUT2D eigenvalue weighted by molar-refractivity contribution is 0.171. The van der Waals surface area contributed by atoms with Gasteiger partial charge in [0, 0.05) is 11.6 Å². The number of benzene rings is 2. The van der Waals surface area contributed by atoms with E-state index in [0.717, 1.165) is 5.69 Å². The van der Waals surface area contributed by atoms with Gasteiger partial charge in [-0.25, -0.2) is 0 Å². The Hall–Kier alpha value is -2.29. The van der Waals surface area contributed by atoms with E-state index in [1.165, 1.54) is 24.8 Å². The van der Waals surface area contributed by atoms with Crippen molar-refractivity contribution in [1.82, 2.24) is 0 Å². The van der Waals surface area contributed by atoms with Crippen LogP contribution in [0.3, 0.4) is 0 Å². The minimum atomic E-state index is -0.306. The Morgan fingerprint density at radius 2 is 1.54 bits per heavy atom. The Bertz CT molecular complexity index is 871. The molecule has 1 heterocycles. The lowest BCUT2D eigenvalue weighted by atomic mass is 9.63. The van der Waals surface area contributed by atoms with E-state index in [1.807, 2.05) is 18.2 Å². The quantitative estimate of drug-likeness (QED) is 0.618. The van der Waals surface area contributed by atoms with Gasteiger partial charge >= 0.3 is 0 Å². The molecule has 2 aromatic carbocycles. The molecule has 5 rings (SSSR count). The average Bonchev–Trinajstić information content (AvgIpc) is 3.29. The fourth-order valence-corrected chi connectivity index (χ4v) is 6.07.